The molecule has 1 amide bonds. The Hall–Kier alpha value is -1.26. The topological polar surface area (TPSA) is 44.4 Å². The van der Waals surface area contributed by atoms with Crippen LogP contribution in [0.3, 0.4) is 0 Å². The fourth-order valence-corrected chi connectivity index (χ4v) is 3.88. The van der Waals surface area contributed by atoms with Crippen molar-refractivity contribution in [2.24, 2.45) is 5.41 Å². The van der Waals surface area contributed by atoms with Crippen LogP contribution >= 0.6 is 11.6 Å². The zero-order valence-electron chi connectivity index (χ0n) is 16.5. The van der Waals surface area contributed by atoms with Crippen LogP contribution in [0.5, 0.6) is 0 Å². The quantitative estimate of drug-likeness (QED) is 0.648. The normalized spacial score (nSPS) is 16.5. The molecule has 1 saturated carbocycles. The number of halogens is 1. The molecule has 0 unspecified atom stereocenters. The molecular weight excluding hydrogens is 346 g/mol. The van der Waals surface area contributed by atoms with Crippen LogP contribution in [0.25, 0.3) is 0 Å². The summed E-state index contributed by atoms with van der Waals surface area (Å²) in [5.41, 5.74) is 1.83. The average molecular weight is 380 g/mol. The van der Waals surface area contributed by atoms with E-state index in [0.29, 0.717) is 22.5 Å². The second-order valence-electron chi connectivity index (χ2n) is 7.70. The molecule has 0 atom stereocenters. The third kappa shape index (κ3) is 6.17. The highest BCUT2D eigenvalue weighted by atomic mass is 35.5. The third-order valence-electron chi connectivity index (χ3n) is 5.60. The first-order valence-electron chi connectivity index (χ1n) is 10.0. The Balaban J connectivity index is 1.98. The maximum Gasteiger partial charge on any atom is 0.253 e. The van der Waals surface area contributed by atoms with Gasteiger partial charge < -0.3 is 15.5 Å². The van der Waals surface area contributed by atoms with Crippen molar-refractivity contribution >= 4 is 23.2 Å². The lowest BCUT2D eigenvalue weighted by atomic mass is 9.75. The van der Waals surface area contributed by atoms with E-state index in [2.05, 4.69) is 36.3 Å². The molecule has 0 bridgehead atoms. The summed E-state index contributed by atoms with van der Waals surface area (Å²) in [5.74, 6) is -0.0593. The maximum atomic E-state index is 12.7. The van der Waals surface area contributed by atoms with Crippen molar-refractivity contribution in [1.82, 2.24) is 10.2 Å². The molecule has 2 N–H and O–H groups in total. The molecule has 1 aliphatic rings. The molecule has 1 aliphatic carbocycles. The summed E-state index contributed by atoms with van der Waals surface area (Å²) in [6.07, 6.45) is 6.45. The zero-order chi connectivity index (χ0) is 19.0. The summed E-state index contributed by atoms with van der Waals surface area (Å²) in [6, 6.07) is 5.54. The number of nitrogens with zero attached hydrogens (tertiary/aromatic N) is 1. The smallest absolute Gasteiger partial charge is 0.253 e. The van der Waals surface area contributed by atoms with Crippen molar-refractivity contribution in [3.63, 3.8) is 0 Å². The van der Waals surface area contributed by atoms with E-state index in [9.17, 15) is 4.79 Å². The SMILES string of the molecule is CCN(CC)CCNC(=O)c1cc(Cl)ccc1NCC1(C)CCCCC1. The Morgan fingerprint density at radius 3 is 2.54 bits per heavy atom. The van der Waals surface area contributed by atoms with Gasteiger partial charge in [0.25, 0.3) is 5.91 Å². The van der Waals surface area contributed by atoms with Crippen LogP contribution in [0.1, 0.15) is 63.2 Å². The minimum Gasteiger partial charge on any atom is -0.384 e. The second-order valence-corrected chi connectivity index (χ2v) is 8.13. The molecule has 1 aromatic rings. The minimum absolute atomic E-state index is 0.0593. The summed E-state index contributed by atoms with van der Waals surface area (Å²) in [6.45, 7) is 11.0. The van der Waals surface area contributed by atoms with E-state index in [-0.39, 0.29) is 5.91 Å². The number of carbonyl (C=O) groups excluding carboxylic acids is 1. The van der Waals surface area contributed by atoms with Gasteiger partial charge in [-0.2, -0.15) is 0 Å². The van der Waals surface area contributed by atoms with Crippen molar-refractivity contribution in [3.8, 4) is 0 Å². The van der Waals surface area contributed by atoms with Crippen molar-refractivity contribution in [2.75, 3.05) is 38.0 Å². The van der Waals surface area contributed by atoms with Crippen LogP contribution in [-0.4, -0.2) is 43.5 Å². The third-order valence-corrected chi connectivity index (χ3v) is 5.84. The Labute approximate surface area is 163 Å². The lowest BCUT2D eigenvalue weighted by Crippen LogP contribution is -2.35. The minimum atomic E-state index is -0.0593. The van der Waals surface area contributed by atoms with Gasteiger partial charge in [0.15, 0.2) is 0 Å². The Bertz CT molecular complexity index is 581. The molecule has 146 valence electrons. The predicted molar refractivity (Wildman–Crippen MR) is 111 cm³/mol. The highest BCUT2D eigenvalue weighted by Crippen LogP contribution is 2.36. The molecule has 26 heavy (non-hydrogen) atoms. The van der Waals surface area contributed by atoms with Gasteiger partial charge in [0.1, 0.15) is 0 Å². The molecule has 5 heteroatoms. The molecule has 0 aliphatic heterocycles. The van der Waals surface area contributed by atoms with E-state index in [1.165, 1.54) is 32.1 Å². The number of benzene rings is 1. The van der Waals surface area contributed by atoms with E-state index in [1.54, 1.807) is 6.07 Å². The first-order valence-corrected chi connectivity index (χ1v) is 10.4. The van der Waals surface area contributed by atoms with Gasteiger partial charge in [-0.25, -0.2) is 0 Å². The van der Waals surface area contributed by atoms with E-state index in [4.69, 9.17) is 11.6 Å². The molecule has 2 rings (SSSR count). The van der Waals surface area contributed by atoms with Crippen LogP contribution in [-0.2, 0) is 0 Å². The van der Waals surface area contributed by atoms with Gasteiger partial charge in [0, 0.05) is 30.3 Å². The first kappa shape index (κ1) is 21.0. The fraction of sp³-hybridized carbons (Fsp3) is 0.667. The molecule has 0 aromatic heterocycles. The van der Waals surface area contributed by atoms with Gasteiger partial charge in [0.05, 0.1) is 5.56 Å². The lowest BCUT2D eigenvalue weighted by molar-refractivity contribution is 0.0949. The standard InChI is InChI=1S/C21H34ClN3O/c1-4-25(5-2)14-13-23-20(26)18-15-17(22)9-10-19(18)24-16-21(3)11-7-6-8-12-21/h9-10,15,24H,4-8,11-14,16H2,1-3H3,(H,23,26). The number of anilines is 1. The maximum absolute atomic E-state index is 12.7. The van der Waals surface area contributed by atoms with Gasteiger partial charge in [0.2, 0.25) is 0 Å². The molecule has 0 heterocycles. The molecule has 1 fully saturated rings. The molecular formula is C21H34ClN3O. The predicted octanol–water partition coefficient (Wildman–Crippen LogP) is 4.79. The molecule has 4 nitrogen and oxygen atoms in total. The second kappa shape index (κ2) is 10.2. The fourth-order valence-electron chi connectivity index (χ4n) is 3.71. The summed E-state index contributed by atoms with van der Waals surface area (Å²) < 4.78 is 0. The highest BCUT2D eigenvalue weighted by Gasteiger charge is 2.27. The van der Waals surface area contributed by atoms with E-state index >= 15 is 0 Å². The summed E-state index contributed by atoms with van der Waals surface area (Å²) >= 11 is 6.15. The van der Waals surface area contributed by atoms with Gasteiger partial charge >= 0.3 is 0 Å². The van der Waals surface area contributed by atoms with Crippen LogP contribution in [0.15, 0.2) is 18.2 Å². The van der Waals surface area contributed by atoms with Crippen molar-refractivity contribution in [1.29, 1.82) is 0 Å². The number of amides is 1. The highest BCUT2D eigenvalue weighted by molar-refractivity contribution is 6.31. The molecule has 1 aromatic carbocycles. The zero-order valence-corrected chi connectivity index (χ0v) is 17.3. The van der Waals surface area contributed by atoms with Gasteiger partial charge in [-0.1, -0.05) is 51.6 Å². The van der Waals surface area contributed by atoms with Gasteiger partial charge in [-0.3, -0.25) is 4.79 Å². The number of carbonyl (C=O) groups is 1. The number of hydrogen-bond acceptors (Lipinski definition) is 3. The molecule has 0 radical (unpaired) electrons. The van der Waals surface area contributed by atoms with E-state index < -0.39 is 0 Å². The summed E-state index contributed by atoms with van der Waals surface area (Å²) in [4.78, 5) is 15.0. The van der Waals surface area contributed by atoms with Gasteiger partial charge in [-0.05, 0) is 49.5 Å². The Morgan fingerprint density at radius 1 is 1.19 bits per heavy atom. The number of likely N-dealkylation sites (N-methyl/N-ethyl adjacent to an activating group) is 1. The van der Waals surface area contributed by atoms with Crippen LogP contribution in [0.2, 0.25) is 5.02 Å². The van der Waals surface area contributed by atoms with Crippen molar-refractivity contribution < 1.29 is 4.79 Å². The first-order chi connectivity index (χ1) is 12.5. The van der Waals surface area contributed by atoms with E-state index in [1.807, 2.05) is 12.1 Å². The van der Waals surface area contributed by atoms with Crippen LogP contribution in [0, 0.1) is 5.41 Å². The van der Waals surface area contributed by atoms with Crippen molar-refractivity contribution in [2.45, 2.75) is 52.9 Å². The monoisotopic (exact) mass is 379 g/mol. The van der Waals surface area contributed by atoms with Crippen molar-refractivity contribution in [3.05, 3.63) is 28.8 Å². The van der Waals surface area contributed by atoms with Gasteiger partial charge in [-0.15, -0.1) is 0 Å². The average Bonchev–Trinajstić information content (AvgIpc) is 2.64. The largest absolute Gasteiger partial charge is 0.384 e. The molecule has 0 saturated heterocycles. The Morgan fingerprint density at radius 2 is 1.88 bits per heavy atom. The summed E-state index contributed by atoms with van der Waals surface area (Å²) in [5, 5.41) is 7.15. The van der Waals surface area contributed by atoms with Crippen LogP contribution in [0.4, 0.5) is 5.69 Å². The number of nitrogens with one attached hydrogen (secondary N) is 2. The Kier molecular flexibility index (Phi) is 8.23. The van der Waals surface area contributed by atoms with E-state index in [0.717, 1.165) is 31.9 Å². The molecule has 0 spiro atoms. The number of hydrogen-bond donors (Lipinski definition) is 2. The summed E-state index contributed by atoms with van der Waals surface area (Å²) in [7, 11) is 0. The van der Waals surface area contributed by atoms with Crippen LogP contribution < -0.4 is 10.6 Å². The number of rotatable bonds is 9. The lowest BCUT2D eigenvalue weighted by Gasteiger charge is -2.34.